The smallest absolute Gasteiger partial charge is 0.0374 e. The third-order valence-corrected chi connectivity index (χ3v) is 4.16. The predicted octanol–water partition coefficient (Wildman–Crippen LogP) is 4.66. The summed E-state index contributed by atoms with van der Waals surface area (Å²) in [5, 5.41) is 3.69. The Morgan fingerprint density at radius 3 is 2.42 bits per heavy atom. The Labute approximate surface area is 115 Å². The summed E-state index contributed by atoms with van der Waals surface area (Å²) in [6.45, 7) is 4.33. The van der Waals surface area contributed by atoms with Gasteiger partial charge in [-0.3, -0.25) is 0 Å². The molecule has 3 rings (SSSR count). The molecule has 0 radical (unpaired) electrons. The molecule has 0 amide bonds. The molecule has 19 heavy (non-hydrogen) atoms. The van der Waals surface area contributed by atoms with E-state index in [1.54, 1.807) is 0 Å². The molecule has 1 heteroatoms. The van der Waals surface area contributed by atoms with Gasteiger partial charge in [0.05, 0.1) is 0 Å². The van der Waals surface area contributed by atoms with Crippen molar-refractivity contribution in [2.24, 2.45) is 0 Å². The van der Waals surface area contributed by atoms with Crippen molar-refractivity contribution in [2.75, 3.05) is 5.32 Å². The van der Waals surface area contributed by atoms with Gasteiger partial charge in [-0.05, 0) is 55.4 Å². The molecule has 0 saturated heterocycles. The molecule has 98 valence electrons. The normalized spacial score (nSPS) is 21.8. The highest BCUT2D eigenvalue weighted by Crippen LogP contribution is 2.38. The second-order valence-corrected chi connectivity index (χ2v) is 5.74. The third-order valence-electron chi connectivity index (χ3n) is 4.16. The number of anilines is 1. The molecule has 1 aliphatic carbocycles. The van der Waals surface area contributed by atoms with Crippen LogP contribution in [-0.4, -0.2) is 6.04 Å². The Morgan fingerprint density at radius 2 is 1.68 bits per heavy atom. The number of hydrogen-bond acceptors (Lipinski definition) is 1. The van der Waals surface area contributed by atoms with E-state index >= 15 is 0 Å². The van der Waals surface area contributed by atoms with Gasteiger partial charge in [-0.15, -0.1) is 0 Å². The topological polar surface area (TPSA) is 12.0 Å². The van der Waals surface area contributed by atoms with Crippen LogP contribution in [0.5, 0.6) is 0 Å². The summed E-state index contributed by atoms with van der Waals surface area (Å²) in [6.07, 6.45) is 2.49. The van der Waals surface area contributed by atoms with Crippen LogP contribution >= 0.6 is 0 Å². The maximum atomic E-state index is 3.69. The zero-order valence-corrected chi connectivity index (χ0v) is 11.7. The van der Waals surface area contributed by atoms with E-state index < -0.39 is 0 Å². The fourth-order valence-electron chi connectivity index (χ4n) is 2.84. The van der Waals surface area contributed by atoms with Crippen molar-refractivity contribution >= 4 is 5.69 Å². The van der Waals surface area contributed by atoms with Crippen LogP contribution in [-0.2, 0) is 0 Å². The standard InChI is InChI=1S/C18H21N/c1-13-8-9-14(2)18(10-13)19-17-11-16(12-17)15-6-4-3-5-7-15/h3-10,16-17,19H,11-12H2,1-2H3. The van der Waals surface area contributed by atoms with E-state index in [1.165, 1.54) is 35.2 Å². The van der Waals surface area contributed by atoms with Gasteiger partial charge < -0.3 is 5.32 Å². The summed E-state index contributed by atoms with van der Waals surface area (Å²) in [6, 6.07) is 18.1. The van der Waals surface area contributed by atoms with E-state index in [4.69, 9.17) is 0 Å². The third kappa shape index (κ3) is 2.65. The minimum absolute atomic E-state index is 0.630. The molecule has 0 bridgehead atoms. The lowest BCUT2D eigenvalue weighted by Crippen LogP contribution is -2.34. The maximum absolute atomic E-state index is 3.69. The summed E-state index contributed by atoms with van der Waals surface area (Å²) >= 11 is 0. The molecule has 0 atom stereocenters. The Kier molecular flexibility index (Phi) is 3.29. The number of hydrogen-bond donors (Lipinski definition) is 1. The molecular weight excluding hydrogens is 230 g/mol. The van der Waals surface area contributed by atoms with Crippen molar-refractivity contribution in [3.05, 3.63) is 65.2 Å². The predicted molar refractivity (Wildman–Crippen MR) is 81.7 cm³/mol. The van der Waals surface area contributed by atoms with Crippen molar-refractivity contribution in [3.8, 4) is 0 Å². The van der Waals surface area contributed by atoms with Crippen LogP contribution in [0.15, 0.2) is 48.5 Å². The van der Waals surface area contributed by atoms with Crippen molar-refractivity contribution in [1.29, 1.82) is 0 Å². The zero-order valence-electron chi connectivity index (χ0n) is 11.7. The van der Waals surface area contributed by atoms with Gasteiger partial charge in [0.15, 0.2) is 0 Å². The molecule has 0 spiro atoms. The first kappa shape index (κ1) is 12.3. The lowest BCUT2D eigenvalue weighted by atomic mass is 9.76. The Balaban J connectivity index is 1.61. The van der Waals surface area contributed by atoms with Crippen molar-refractivity contribution in [3.63, 3.8) is 0 Å². The molecule has 0 unspecified atom stereocenters. The number of nitrogens with one attached hydrogen (secondary N) is 1. The SMILES string of the molecule is Cc1ccc(C)c(NC2CC(c3ccccc3)C2)c1. The van der Waals surface area contributed by atoms with Gasteiger partial charge in [0.25, 0.3) is 0 Å². The highest BCUT2D eigenvalue weighted by atomic mass is 14.9. The first-order valence-corrected chi connectivity index (χ1v) is 7.11. The quantitative estimate of drug-likeness (QED) is 0.836. The number of rotatable bonds is 3. The van der Waals surface area contributed by atoms with Crippen LogP contribution < -0.4 is 5.32 Å². The molecule has 0 heterocycles. The highest BCUT2D eigenvalue weighted by Gasteiger charge is 2.30. The summed E-state index contributed by atoms with van der Waals surface area (Å²) < 4.78 is 0. The van der Waals surface area contributed by atoms with Crippen LogP contribution in [0.25, 0.3) is 0 Å². The molecule has 1 nitrogen and oxygen atoms in total. The first-order valence-electron chi connectivity index (χ1n) is 7.11. The van der Waals surface area contributed by atoms with Crippen LogP contribution in [0, 0.1) is 13.8 Å². The van der Waals surface area contributed by atoms with E-state index in [0.29, 0.717) is 6.04 Å². The highest BCUT2D eigenvalue weighted by molar-refractivity contribution is 5.53. The lowest BCUT2D eigenvalue weighted by molar-refractivity contribution is 0.374. The van der Waals surface area contributed by atoms with Crippen LogP contribution in [0.4, 0.5) is 5.69 Å². The van der Waals surface area contributed by atoms with E-state index in [1.807, 2.05) is 0 Å². The summed E-state index contributed by atoms with van der Waals surface area (Å²) in [7, 11) is 0. The first-order chi connectivity index (χ1) is 9.22. The molecule has 1 fully saturated rings. The summed E-state index contributed by atoms with van der Waals surface area (Å²) in [5.74, 6) is 0.740. The number of aryl methyl sites for hydroxylation is 2. The molecular formula is C18H21N. The minimum atomic E-state index is 0.630. The molecule has 0 aromatic heterocycles. The molecule has 0 aliphatic heterocycles. The summed E-state index contributed by atoms with van der Waals surface area (Å²) in [4.78, 5) is 0. The molecule has 1 aliphatic rings. The van der Waals surface area contributed by atoms with Crippen molar-refractivity contribution < 1.29 is 0 Å². The fourth-order valence-corrected chi connectivity index (χ4v) is 2.84. The van der Waals surface area contributed by atoms with Crippen LogP contribution in [0.3, 0.4) is 0 Å². The maximum Gasteiger partial charge on any atom is 0.0374 e. The van der Waals surface area contributed by atoms with Gasteiger partial charge in [-0.25, -0.2) is 0 Å². The summed E-state index contributed by atoms with van der Waals surface area (Å²) in [5.41, 5.74) is 5.46. The monoisotopic (exact) mass is 251 g/mol. The largest absolute Gasteiger partial charge is 0.382 e. The van der Waals surface area contributed by atoms with E-state index in [0.717, 1.165) is 5.92 Å². The number of benzene rings is 2. The van der Waals surface area contributed by atoms with Gasteiger partial charge in [0.2, 0.25) is 0 Å². The molecule has 1 saturated carbocycles. The minimum Gasteiger partial charge on any atom is -0.382 e. The zero-order chi connectivity index (χ0) is 13.2. The Hall–Kier alpha value is -1.76. The van der Waals surface area contributed by atoms with E-state index in [-0.39, 0.29) is 0 Å². The van der Waals surface area contributed by atoms with Gasteiger partial charge in [-0.1, -0.05) is 42.5 Å². The molecule has 2 aromatic rings. The second kappa shape index (κ2) is 5.08. The Morgan fingerprint density at radius 1 is 0.947 bits per heavy atom. The van der Waals surface area contributed by atoms with Crippen LogP contribution in [0.2, 0.25) is 0 Å². The van der Waals surface area contributed by atoms with Crippen LogP contribution in [0.1, 0.15) is 35.4 Å². The average molecular weight is 251 g/mol. The van der Waals surface area contributed by atoms with E-state index in [2.05, 4.69) is 67.7 Å². The van der Waals surface area contributed by atoms with Gasteiger partial charge in [-0.2, -0.15) is 0 Å². The second-order valence-electron chi connectivity index (χ2n) is 5.74. The van der Waals surface area contributed by atoms with Gasteiger partial charge in [0.1, 0.15) is 0 Å². The average Bonchev–Trinajstić information content (AvgIpc) is 2.38. The van der Waals surface area contributed by atoms with Gasteiger partial charge >= 0.3 is 0 Å². The fraction of sp³-hybridized carbons (Fsp3) is 0.333. The lowest BCUT2D eigenvalue weighted by Gasteiger charge is -2.37. The molecule has 1 N–H and O–H groups in total. The van der Waals surface area contributed by atoms with Crippen molar-refractivity contribution in [2.45, 2.75) is 38.6 Å². The van der Waals surface area contributed by atoms with E-state index in [9.17, 15) is 0 Å². The van der Waals surface area contributed by atoms with Gasteiger partial charge in [0, 0.05) is 11.7 Å². The Bertz CT molecular complexity index is 553. The molecule has 2 aromatic carbocycles. The van der Waals surface area contributed by atoms with Crippen molar-refractivity contribution in [1.82, 2.24) is 0 Å².